The standard InChI is InChI=1S/C22H28N4O3.ClH/c1-25(15-16-6-4-3-5-7-16)22(28)26-12-10-17(11-13-26)21(27)24-18-8-9-20(29-2)19(23)14-18;/h3-9,14,17H,10-13,15,23H2,1-2H3,(H,24,27);1H. The fourth-order valence-electron chi connectivity index (χ4n) is 3.56. The molecule has 0 bridgehead atoms. The van der Waals surface area contributed by atoms with Crippen LogP contribution in [-0.2, 0) is 11.3 Å². The summed E-state index contributed by atoms with van der Waals surface area (Å²) < 4.78 is 5.13. The summed E-state index contributed by atoms with van der Waals surface area (Å²) in [6.07, 6.45) is 1.28. The number of piperidine rings is 1. The molecule has 0 atom stereocenters. The minimum Gasteiger partial charge on any atom is -0.495 e. The third kappa shape index (κ3) is 5.79. The van der Waals surface area contributed by atoms with Gasteiger partial charge in [0.15, 0.2) is 0 Å². The number of hydrogen-bond acceptors (Lipinski definition) is 4. The number of nitrogens with two attached hydrogens (primary N) is 1. The van der Waals surface area contributed by atoms with E-state index in [1.54, 1.807) is 30.2 Å². The summed E-state index contributed by atoms with van der Waals surface area (Å²) in [6.45, 7) is 1.71. The molecule has 30 heavy (non-hydrogen) atoms. The molecule has 162 valence electrons. The first-order chi connectivity index (χ1) is 14.0. The van der Waals surface area contributed by atoms with Gasteiger partial charge in [-0.2, -0.15) is 0 Å². The number of nitrogens with zero attached hydrogens (tertiary/aromatic N) is 2. The molecular formula is C22H29ClN4O3. The van der Waals surface area contributed by atoms with E-state index < -0.39 is 0 Å². The normalized spacial score (nSPS) is 13.9. The monoisotopic (exact) mass is 432 g/mol. The maximum atomic E-state index is 12.7. The van der Waals surface area contributed by atoms with Crippen LogP contribution >= 0.6 is 12.4 Å². The lowest BCUT2D eigenvalue weighted by molar-refractivity contribution is -0.121. The summed E-state index contributed by atoms with van der Waals surface area (Å²) in [5.74, 6) is 0.413. The van der Waals surface area contributed by atoms with Crippen LogP contribution in [0.4, 0.5) is 16.2 Å². The van der Waals surface area contributed by atoms with Crippen LogP contribution in [0.3, 0.4) is 0 Å². The van der Waals surface area contributed by atoms with Gasteiger partial charge in [0.05, 0.1) is 12.8 Å². The molecule has 0 radical (unpaired) electrons. The van der Waals surface area contributed by atoms with E-state index in [1.165, 1.54) is 0 Å². The van der Waals surface area contributed by atoms with E-state index in [1.807, 2.05) is 42.3 Å². The van der Waals surface area contributed by atoms with Crippen LogP contribution in [0, 0.1) is 5.92 Å². The third-order valence-electron chi connectivity index (χ3n) is 5.22. The number of benzene rings is 2. The smallest absolute Gasteiger partial charge is 0.320 e. The fraction of sp³-hybridized carbons (Fsp3) is 0.364. The predicted molar refractivity (Wildman–Crippen MR) is 121 cm³/mol. The average molecular weight is 433 g/mol. The molecule has 3 rings (SSSR count). The molecule has 1 fully saturated rings. The Morgan fingerprint density at radius 1 is 1.17 bits per heavy atom. The molecule has 3 N–H and O–H groups in total. The Hall–Kier alpha value is -2.93. The maximum Gasteiger partial charge on any atom is 0.320 e. The van der Waals surface area contributed by atoms with Gasteiger partial charge in [-0.1, -0.05) is 30.3 Å². The third-order valence-corrected chi connectivity index (χ3v) is 5.22. The largest absolute Gasteiger partial charge is 0.495 e. The minimum absolute atomic E-state index is 0. The Kier molecular flexibility index (Phi) is 8.35. The van der Waals surface area contributed by atoms with Crippen LogP contribution in [0.1, 0.15) is 18.4 Å². The number of hydrogen-bond donors (Lipinski definition) is 2. The van der Waals surface area contributed by atoms with Crippen molar-refractivity contribution in [2.24, 2.45) is 5.92 Å². The van der Waals surface area contributed by atoms with Crippen molar-refractivity contribution in [3.05, 3.63) is 54.1 Å². The molecule has 0 aliphatic carbocycles. The van der Waals surface area contributed by atoms with E-state index >= 15 is 0 Å². The zero-order chi connectivity index (χ0) is 20.8. The fourth-order valence-corrected chi connectivity index (χ4v) is 3.56. The SMILES string of the molecule is COc1ccc(NC(=O)C2CCN(C(=O)N(C)Cc3ccccc3)CC2)cc1N.Cl. The van der Waals surface area contributed by atoms with E-state index in [0.29, 0.717) is 49.6 Å². The number of carbonyl (C=O) groups is 2. The van der Waals surface area contributed by atoms with Gasteiger partial charge in [0.25, 0.3) is 0 Å². The molecule has 0 aromatic heterocycles. The van der Waals surface area contributed by atoms with Crippen molar-refractivity contribution >= 4 is 35.7 Å². The van der Waals surface area contributed by atoms with Crippen molar-refractivity contribution in [3.63, 3.8) is 0 Å². The molecule has 7 nitrogen and oxygen atoms in total. The van der Waals surface area contributed by atoms with Crippen LogP contribution < -0.4 is 15.8 Å². The van der Waals surface area contributed by atoms with Gasteiger partial charge in [-0.15, -0.1) is 12.4 Å². The molecule has 1 heterocycles. The van der Waals surface area contributed by atoms with Crippen LogP contribution in [0.5, 0.6) is 5.75 Å². The lowest BCUT2D eigenvalue weighted by Crippen LogP contribution is -2.46. The number of nitrogens with one attached hydrogen (secondary N) is 1. The quantitative estimate of drug-likeness (QED) is 0.706. The number of anilines is 2. The first kappa shape index (κ1) is 23.3. The van der Waals surface area contributed by atoms with Crippen molar-refractivity contribution < 1.29 is 14.3 Å². The van der Waals surface area contributed by atoms with E-state index in [2.05, 4.69) is 5.32 Å². The number of nitrogen functional groups attached to an aromatic ring is 1. The molecule has 0 spiro atoms. The maximum absolute atomic E-state index is 12.7. The Morgan fingerprint density at radius 2 is 1.83 bits per heavy atom. The second kappa shape index (κ2) is 10.7. The number of ether oxygens (including phenoxy) is 1. The summed E-state index contributed by atoms with van der Waals surface area (Å²) in [7, 11) is 3.36. The molecule has 1 aliphatic heterocycles. The zero-order valence-electron chi connectivity index (χ0n) is 17.3. The topological polar surface area (TPSA) is 87.9 Å². The summed E-state index contributed by atoms with van der Waals surface area (Å²) in [6, 6.07) is 15.1. The second-order valence-electron chi connectivity index (χ2n) is 7.33. The van der Waals surface area contributed by atoms with Crippen molar-refractivity contribution in [2.75, 3.05) is 38.3 Å². The van der Waals surface area contributed by atoms with Crippen molar-refractivity contribution in [1.29, 1.82) is 0 Å². The minimum atomic E-state index is -0.123. The molecule has 0 unspecified atom stereocenters. The molecule has 2 aromatic carbocycles. The number of halogens is 1. The Balaban J connectivity index is 0.00000320. The lowest BCUT2D eigenvalue weighted by atomic mass is 9.96. The summed E-state index contributed by atoms with van der Waals surface area (Å²) in [5.41, 5.74) is 8.12. The molecule has 8 heteroatoms. The number of likely N-dealkylation sites (tertiary alicyclic amines) is 1. The number of methoxy groups -OCH3 is 1. The molecular weight excluding hydrogens is 404 g/mol. The van der Waals surface area contributed by atoms with Crippen molar-refractivity contribution in [3.8, 4) is 5.75 Å². The first-order valence-corrected chi connectivity index (χ1v) is 9.76. The Bertz CT molecular complexity index is 855. The van der Waals surface area contributed by atoms with Crippen molar-refractivity contribution in [2.45, 2.75) is 19.4 Å². The highest BCUT2D eigenvalue weighted by Crippen LogP contribution is 2.26. The highest BCUT2D eigenvalue weighted by atomic mass is 35.5. The number of urea groups is 1. The van der Waals surface area contributed by atoms with Gasteiger partial charge in [-0.05, 0) is 36.6 Å². The Labute approximate surface area is 183 Å². The number of amides is 3. The molecule has 2 aromatic rings. The van der Waals surface area contributed by atoms with Crippen LogP contribution in [-0.4, -0.2) is 49.0 Å². The molecule has 0 saturated carbocycles. The number of rotatable bonds is 5. The van der Waals surface area contributed by atoms with E-state index in [9.17, 15) is 9.59 Å². The van der Waals surface area contributed by atoms with E-state index in [-0.39, 0.29) is 30.3 Å². The lowest BCUT2D eigenvalue weighted by Gasteiger charge is -2.34. The first-order valence-electron chi connectivity index (χ1n) is 9.76. The van der Waals surface area contributed by atoms with Gasteiger partial charge in [-0.25, -0.2) is 4.79 Å². The highest BCUT2D eigenvalue weighted by Gasteiger charge is 2.28. The van der Waals surface area contributed by atoms with Crippen molar-refractivity contribution in [1.82, 2.24) is 9.80 Å². The number of carbonyl (C=O) groups excluding carboxylic acids is 2. The average Bonchev–Trinajstić information content (AvgIpc) is 2.74. The van der Waals surface area contributed by atoms with Gasteiger partial charge in [0, 0.05) is 38.3 Å². The summed E-state index contributed by atoms with van der Waals surface area (Å²) >= 11 is 0. The van der Waals surface area contributed by atoms with E-state index in [0.717, 1.165) is 5.56 Å². The van der Waals surface area contributed by atoms with Gasteiger partial charge < -0.3 is 25.6 Å². The Morgan fingerprint density at radius 3 is 2.43 bits per heavy atom. The van der Waals surface area contributed by atoms with E-state index in [4.69, 9.17) is 10.5 Å². The predicted octanol–water partition coefficient (Wildman–Crippen LogP) is 3.60. The summed E-state index contributed by atoms with van der Waals surface area (Å²) in [5, 5.41) is 2.91. The van der Waals surface area contributed by atoms with Crippen LogP contribution in [0.2, 0.25) is 0 Å². The van der Waals surface area contributed by atoms with Gasteiger partial charge in [0.2, 0.25) is 5.91 Å². The molecule has 3 amide bonds. The molecule has 1 saturated heterocycles. The van der Waals surface area contributed by atoms with Gasteiger partial charge in [0.1, 0.15) is 5.75 Å². The van der Waals surface area contributed by atoms with Crippen LogP contribution in [0.25, 0.3) is 0 Å². The second-order valence-corrected chi connectivity index (χ2v) is 7.33. The van der Waals surface area contributed by atoms with Gasteiger partial charge in [-0.3, -0.25) is 4.79 Å². The van der Waals surface area contributed by atoms with Crippen LogP contribution in [0.15, 0.2) is 48.5 Å². The van der Waals surface area contributed by atoms with Gasteiger partial charge >= 0.3 is 6.03 Å². The highest BCUT2D eigenvalue weighted by molar-refractivity contribution is 5.93. The molecule has 1 aliphatic rings. The summed E-state index contributed by atoms with van der Waals surface area (Å²) in [4.78, 5) is 28.8. The zero-order valence-corrected chi connectivity index (χ0v) is 18.2.